The summed E-state index contributed by atoms with van der Waals surface area (Å²) in [6.45, 7) is 2.64. The monoisotopic (exact) mass is 191 g/mol. The lowest BCUT2D eigenvalue weighted by atomic mass is 10.2. The number of aliphatic hydroxyl groups excluding tert-OH is 1. The van der Waals surface area contributed by atoms with Gasteiger partial charge in [0.15, 0.2) is 0 Å². The molecule has 0 unspecified atom stereocenters. The van der Waals surface area contributed by atoms with Gasteiger partial charge in [0.2, 0.25) is 0 Å². The van der Waals surface area contributed by atoms with Gasteiger partial charge in [0, 0.05) is 18.8 Å². The fraction of sp³-hybridized carbons (Fsp3) is 0.400. The highest BCUT2D eigenvalue weighted by atomic mass is 16.3. The Balaban J connectivity index is 2.73. The maximum atomic E-state index is 8.79. The van der Waals surface area contributed by atoms with Gasteiger partial charge in [-0.1, -0.05) is 0 Å². The number of rotatable bonds is 4. The number of hydrogen-bond acceptors (Lipinski definition) is 4. The summed E-state index contributed by atoms with van der Waals surface area (Å²) in [5.74, 6) is 0.598. The molecule has 0 fully saturated rings. The Labute approximate surface area is 83.2 Å². The average Bonchev–Trinajstić information content (AvgIpc) is 2.19. The molecule has 4 heteroatoms. The van der Waals surface area contributed by atoms with Crippen molar-refractivity contribution in [1.82, 2.24) is 4.98 Å². The Morgan fingerprint density at radius 2 is 2.36 bits per heavy atom. The highest BCUT2D eigenvalue weighted by Gasteiger charge is 2.02. The molecule has 0 aliphatic carbocycles. The van der Waals surface area contributed by atoms with Gasteiger partial charge in [0.1, 0.15) is 11.9 Å². The van der Waals surface area contributed by atoms with E-state index in [1.807, 2.05) is 6.92 Å². The third kappa shape index (κ3) is 2.71. The van der Waals surface area contributed by atoms with Gasteiger partial charge in [-0.2, -0.15) is 5.26 Å². The second kappa shape index (κ2) is 5.20. The van der Waals surface area contributed by atoms with Crippen molar-refractivity contribution in [3.05, 3.63) is 23.4 Å². The van der Waals surface area contributed by atoms with E-state index in [-0.39, 0.29) is 6.61 Å². The number of nitriles is 1. The molecule has 0 saturated carbocycles. The molecule has 14 heavy (non-hydrogen) atoms. The van der Waals surface area contributed by atoms with Crippen LogP contribution >= 0.6 is 0 Å². The van der Waals surface area contributed by atoms with Crippen LogP contribution in [0.1, 0.15) is 17.7 Å². The van der Waals surface area contributed by atoms with Crippen LogP contribution in [0.2, 0.25) is 0 Å². The van der Waals surface area contributed by atoms with E-state index in [0.29, 0.717) is 24.3 Å². The molecule has 2 N–H and O–H groups in total. The van der Waals surface area contributed by atoms with E-state index in [9.17, 15) is 0 Å². The van der Waals surface area contributed by atoms with E-state index in [1.165, 1.54) is 0 Å². The minimum Gasteiger partial charge on any atom is -0.396 e. The SMILES string of the molecule is Cc1ccc(C#N)c(NCCCO)n1. The van der Waals surface area contributed by atoms with Gasteiger partial charge in [-0.25, -0.2) is 4.98 Å². The van der Waals surface area contributed by atoms with E-state index >= 15 is 0 Å². The highest BCUT2D eigenvalue weighted by Crippen LogP contribution is 2.11. The Bertz CT molecular complexity index is 344. The molecule has 4 nitrogen and oxygen atoms in total. The van der Waals surface area contributed by atoms with Crippen molar-refractivity contribution in [2.45, 2.75) is 13.3 Å². The van der Waals surface area contributed by atoms with E-state index in [4.69, 9.17) is 10.4 Å². The second-order valence-electron chi connectivity index (χ2n) is 2.96. The molecule has 0 atom stereocenters. The molecule has 0 aliphatic rings. The average molecular weight is 191 g/mol. The number of pyridine rings is 1. The molecule has 1 aromatic rings. The summed E-state index contributed by atoms with van der Waals surface area (Å²) in [7, 11) is 0. The molecule has 0 radical (unpaired) electrons. The van der Waals surface area contributed by atoms with Crippen LogP contribution in [0.3, 0.4) is 0 Å². The lowest BCUT2D eigenvalue weighted by Gasteiger charge is -2.06. The van der Waals surface area contributed by atoms with Crippen LogP contribution in [-0.4, -0.2) is 23.2 Å². The lowest BCUT2D eigenvalue weighted by molar-refractivity contribution is 0.292. The first-order valence-electron chi connectivity index (χ1n) is 4.50. The van der Waals surface area contributed by atoms with Gasteiger partial charge in [-0.05, 0) is 25.5 Å². The smallest absolute Gasteiger partial charge is 0.144 e. The zero-order chi connectivity index (χ0) is 10.4. The predicted molar refractivity (Wildman–Crippen MR) is 53.9 cm³/mol. The zero-order valence-electron chi connectivity index (χ0n) is 8.12. The van der Waals surface area contributed by atoms with Gasteiger partial charge in [-0.3, -0.25) is 0 Å². The van der Waals surface area contributed by atoms with E-state index in [2.05, 4.69) is 16.4 Å². The highest BCUT2D eigenvalue weighted by molar-refractivity contribution is 5.52. The summed E-state index contributed by atoms with van der Waals surface area (Å²) in [6, 6.07) is 5.60. The van der Waals surface area contributed by atoms with Gasteiger partial charge in [0.25, 0.3) is 0 Å². The van der Waals surface area contributed by atoms with Crippen molar-refractivity contribution in [2.24, 2.45) is 0 Å². The largest absolute Gasteiger partial charge is 0.396 e. The molecule has 0 aliphatic heterocycles. The molecule has 1 heterocycles. The quantitative estimate of drug-likeness (QED) is 0.698. The Morgan fingerprint density at radius 3 is 3.00 bits per heavy atom. The molecule has 1 aromatic heterocycles. The van der Waals surface area contributed by atoms with Crippen molar-refractivity contribution < 1.29 is 5.11 Å². The molecule has 0 bridgehead atoms. The summed E-state index contributed by atoms with van der Waals surface area (Å²) in [6.07, 6.45) is 0.653. The number of nitrogens with one attached hydrogen (secondary N) is 1. The van der Waals surface area contributed by atoms with Crippen molar-refractivity contribution in [1.29, 1.82) is 5.26 Å². The molecule has 0 saturated heterocycles. The second-order valence-corrected chi connectivity index (χ2v) is 2.96. The molecule has 0 amide bonds. The first-order valence-corrected chi connectivity index (χ1v) is 4.50. The van der Waals surface area contributed by atoms with Crippen LogP contribution in [0.4, 0.5) is 5.82 Å². The Kier molecular flexibility index (Phi) is 3.89. The number of aromatic nitrogens is 1. The number of aliphatic hydroxyl groups is 1. The van der Waals surface area contributed by atoms with Gasteiger partial charge in [-0.15, -0.1) is 0 Å². The fourth-order valence-electron chi connectivity index (χ4n) is 1.07. The minimum atomic E-state index is 0.140. The first-order chi connectivity index (χ1) is 6.77. The van der Waals surface area contributed by atoms with Crippen LogP contribution in [-0.2, 0) is 0 Å². The summed E-state index contributed by atoms with van der Waals surface area (Å²) in [4.78, 5) is 4.20. The minimum absolute atomic E-state index is 0.140. The summed E-state index contributed by atoms with van der Waals surface area (Å²) < 4.78 is 0. The lowest BCUT2D eigenvalue weighted by Crippen LogP contribution is -2.07. The van der Waals surface area contributed by atoms with Crippen molar-refractivity contribution >= 4 is 5.82 Å². The van der Waals surface area contributed by atoms with Crippen LogP contribution in [0.5, 0.6) is 0 Å². The number of hydrogen-bond donors (Lipinski definition) is 2. The van der Waals surface area contributed by atoms with Crippen LogP contribution in [0, 0.1) is 18.3 Å². The third-order valence-corrected chi connectivity index (χ3v) is 1.78. The summed E-state index contributed by atoms with van der Waals surface area (Å²) in [5, 5.41) is 20.4. The van der Waals surface area contributed by atoms with Crippen molar-refractivity contribution in [3.63, 3.8) is 0 Å². The summed E-state index contributed by atoms with van der Waals surface area (Å²) >= 11 is 0. The molecular formula is C10H13N3O. The molecule has 0 spiro atoms. The topological polar surface area (TPSA) is 68.9 Å². The maximum absolute atomic E-state index is 8.79. The van der Waals surface area contributed by atoms with Crippen LogP contribution < -0.4 is 5.32 Å². The van der Waals surface area contributed by atoms with E-state index in [1.54, 1.807) is 12.1 Å². The molecule has 0 aromatic carbocycles. The normalized spacial score (nSPS) is 9.50. The van der Waals surface area contributed by atoms with Crippen LogP contribution in [0.15, 0.2) is 12.1 Å². The van der Waals surface area contributed by atoms with E-state index < -0.39 is 0 Å². The number of aryl methyl sites for hydroxylation is 1. The zero-order valence-corrected chi connectivity index (χ0v) is 8.12. The standard InChI is InChI=1S/C10H13N3O/c1-8-3-4-9(7-11)10(13-8)12-5-2-6-14/h3-4,14H,2,5-6H2,1H3,(H,12,13). The Hall–Kier alpha value is -1.60. The maximum Gasteiger partial charge on any atom is 0.144 e. The van der Waals surface area contributed by atoms with Gasteiger partial charge < -0.3 is 10.4 Å². The summed E-state index contributed by atoms with van der Waals surface area (Å²) in [5.41, 5.74) is 1.41. The third-order valence-electron chi connectivity index (χ3n) is 1.78. The number of anilines is 1. The van der Waals surface area contributed by atoms with Gasteiger partial charge >= 0.3 is 0 Å². The fourth-order valence-corrected chi connectivity index (χ4v) is 1.07. The van der Waals surface area contributed by atoms with E-state index in [0.717, 1.165) is 5.69 Å². The first kappa shape index (κ1) is 10.5. The molecule has 1 rings (SSSR count). The Morgan fingerprint density at radius 1 is 1.57 bits per heavy atom. The van der Waals surface area contributed by atoms with Crippen molar-refractivity contribution in [2.75, 3.05) is 18.5 Å². The van der Waals surface area contributed by atoms with Crippen molar-refractivity contribution in [3.8, 4) is 6.07 Å². The molecule has 74 valence electrons. The predicted octanol–water partition coefficient (Wildman–Crippen LogP) is 1.06. The van der Waals surface area contributed by atoms with Gasteiger partial charge in [0.05, 0.1) is 5.56 Å². The molecular weight excluding hydrogens is 178 g/mol. The van der Waals surface area contributed by atoms with Crippen LogP contribution in [0.25, 0.3) is 0 Å². The number of nitrogens with zero attached hydrogens (tertiary/aromatic N) is 2.